The third-order valence-electron chi connectivity index (χ3n) is 5.15. The highest BCUT2D eigenvalue weighted by Gasteiger charge is 2.24. The van der Waals surface area contributed by atoms with Crippen LogP contribution in [-0.2, 0) is 6.42 Å². The Labute approximate surface area is 132 Å². The Hall–Kier alpha value is -1.65. The fourth-order valence-corrected chi connectivity index (χ4v) is 3.61. The third kappa shape index (κ3) is 2.81. The van der Waals surface area contributed by atoms with E-state index in [9.17, 15) is 0 Å². The number of aryl methyl sites for hydroxylation is 1. The molecule has 2 aromatic rings. The van der Waals surface area contributed by atoms with E-state index in [0.717, 1.165) is 29.8 Å². The van der Waals surface area contributed by atoms with Crippen molar-refractivity contribution in [2.75, 3.05) is 5.32 Å². The van der Waals surface area contributed by atoms with Crippen molar-refractivity contribution in [1.82, 2.24) is 19.6 Å². The van der Waals surface area contributed by atoms with Gasteiger partial charge in [-0.25, -0.2) is 4.98 Å². The van der Waals surface area contributed by atoms with E-state index >= 15 is 0 Å². The second-order valence-corrected chi connectivity index (χ2v) is 6.86. The largest absolute Gasteiger partial charge is 0.367 e. The molecule has 1 fully saturated rings. The number of nitrogens with one attached hydrogen (secondary N) is 1. The molecule has 2 heterocycles. The average Bonchev–Trinajstić information content (AvgIpc) is 2.98. The first-order valence-electron chi connectivity index (χ1n) is 8.55. The Morgan fingerprint density at radius 1 is 1.27 bits per heavy atom. The molecule has 1 saturated carbocycles. The molecule has 1 aliphatic carbocycles. The van der Waals surface area contributed by atoms with E-state index in [1.165, 1.54) is 31.2 Å². The Kier molecular flexibility index (Phi) is 4.32. The molecule has 0 amide bonds. The van der Waals surface area contributed by atoms with Gasteiger partial charge in [-0.2, -0.15) is 14.6 Å². The van der Waals surface area contributed by atoms with Gasteiger partial charge in [-0.05, 0) is 50.9 Å². The Morgan fingerprint density at radius 2 is 2.00 bits per heavy atom. The maximum atomic E-state index is 4.59. The standard InChI is InChI=1S/C17H27N5/c1-5-15-12(4)16(22-17(21-15)18-10-19-22)20-14-8-6-13(7-9-14)11(2)3/h10-11,13-14,20H,5-9H2,1-4H3. The molecule has 3 rings (SSSR count). The van der Waals surface area contributed by atoms with Crippen molar-refractivity contribution >= 4 is 11.6 Å². The van der Waals surface area contributed by atoms with Gasteiger partial charge in [-0.1, -0.05) is 20.8 Å². The van der Waals surface area contributed by atoms with Crippen molar-refractivity contribution in [3.8, 4) is 0 Å². The van der Waals surface area contributed by atoms with Crippen LogP contribution in [0.2, 0.25) is 0 Å². The van der Waals surface area contributed by atoms with E-state index in [0.29, 0.717) is 11.8 Å². The highest BCUT2D eigenvalue weighted by atomic mass is 15.4. The van der Waals surface area contributed by atoms with Crippen LogP contribution < -0.4 is 5.32 Å². The van der Waals surface area contributed by atoms with Gasteiger partial charge in [0.1, 0.15) is 12.1 Å². The summed E-state index contributed by atoms with van der Waals surface area (Å²) in [5.41, 5.74) is 2.31. The van der Waals surface area contributed by atoms with Crippen LogP contribution in [0.1, 0.15) is 57.7 Å². The summed E-state index contributed by atoms with van der Waals surface area (Å²) >= 11 is 0. The zero-order chi connectivity index (χ0) is 15.7. The lowest BCUT2D eigenvalue weighted by atomic mass is 9.79. The molecule has 22 heavy (non-hydrogen) atoms. The van der Waals surface area contributed by atoms with Crippen molar-refractivity contribution in [3.05, 3.63) is 17.6 Å². The lowest BCUT2D eigenvalue weighted by Gasteiger charge is -2.32. The summed E-state index contributed by atoms with van der Waals surface area (Å²) < 4.78 is 1.85. The van der Waals surface area contributed by atoms with Gasteiger partial charge in [0.2, 0.25) is 0 Å². The number of hydrogen-bond donors (Lipinski definition) is 1. The number of anilines is 1. The number of aromatic nitrogens is 4. The predicted octanol–water partition coefficient (Wildman–Crippen LogP) is 3.62. The molecule has 5 nitrogen and oxygen atoms in total. The van der Waals surface area contributed by atoms with Gasteiger partial charge in [-0.15, -0.1) is 0 Å². The first kappa shape index (κ1) is 15.3. The first-order valence-corrected chi connectivity index (χ1v) is 8.55. The van der Waals surface area contributed by atoms with Gasteiger partial charge < -0.3 is 5.32 Å². The Morgan fingerprint density at radius 3 is 2.64 bits per heavy atom. The minimum atomic E-state index is 0.535. The minimum Gasteiger partial charge on any atom is -0.367 e. The fraction of sp³-hybridized carbons (Fsp3) is 0.706. The molecule has 5 heteroatoms. The maximum Gasteiger partial charge on any atom is 0.254 e. The summed E-state index contributed by atoms with van der Waals surface area (Å²) in [6.07, 6.45) is 7.62. The summed E-state index contributed by atoms with van der Waals surface area (Å²) in [4.78, 5) is 8.85. The van der Waals surface area contributed by atoms with Gasteiger partial charge in [0, 0.05) is 11.6 Å². The van der Waals surface area contributed by atoms with E-state index in [1.54, 1.807) is 6.33 Å². The maximum absolute atomic E-state index is 4.59. The SMILES string of the molecule is CCc1nc2ncnn2c(NC2CCC(C(C)C)CC2)c1C. The first-order chi connectivity index (χ1) is 10.6. The van der Waals surface area contributed by atoms with E-state index in [-0.39, 0.29) is 0 Å². The molecule has 2 aromatic heterocycles. The molecule has 1 N–H and O–H groups in total. The third-order valence-corrected chi connectivity index (χ3v) is 5.15. The summed E-state index contributed by atoms with van der Waals surface area (Å²) in [6, 6.07) is 0.535. The molecule has 0 bridgehead atoms. The van der Waals surface area contributed by atoms with Crippen molar-refractivity contribution < 1.29 is 0 Å². The van der Waals surface area contributed by atoms with Crippen LogP contribution in [0.15, 0.2) is 6.33 Å². The number of nitrogens with zero attached hydrogens (tertiary/aromatic N) is 4. The molecule has 0 aliphatic heterocycles. The summed E-state index contributed by atoms with van der Waals surface area (Å²) in [5, 5.41) is 8.08. The molecule has 120 valence electrons. The van der Waals surface area contributed by atoms with E-state index < -0.39 is 0 Å². The highest BCUT2D eigenvalue weighted by molar-refractivity contribution is 5.52. The van der Waals surface area contributed by atoms with Gasteiger partial charge in [0.05, 0.1) is 5.69 Å². The molecular weight excluding hydrogens is 274 g/mol. The molecule has 0 unspecified atom stereocenters. The van der Waals surface area contributed by atoms with Crippen LogP contribution in [0.4, 0.5) is 5.82 Å². The predicted molar refractivity (Wildman–Crippen MR) is 89.1 cm³/mol. The Bertz CT molecular complexity index is 638. The van der Waals surface area contributed by atoms with Gasteiger partial charge in [-0.3, -0.25) is 0 Å². The fourth-order valence-electron chi connectivity index (χ4n) is 3.61. The van der Waals surface area contributed by atoms with Crippen molar-refractivity contribution in [1.29, 1.82) is 0 Å². The Balaban J connectivity index is 1.82. The summed E-state index contributed by atoms with van der Waals surface area (Å²) in [7, 11) is 0. The van der Waals surface area contributed by atoms with Crippen LogP contribution in [0.3, 0.4) is 0 Å². The normalized spacial score (nSPS) is 22.4. The molecule has 0 spiro atoms. The second-order valence-electron chi connectivity index (χ2n) is 6.86. The zero-order valence-corrected chi connectivity index (χ0v) is 14.1. The topological polar surface area (TPSA) is 55.1 Å². The zero-order valence-electron chi connectivity index (χ0n) is 14.1. The second kappa shape index (κ2) is 6.23. The molecule has 0 atom stereocenters. The minimum absolute atomic E-state index is 0.535. The van der Waals surface area contributed by atoms with Crippen LogP contribution in [-0.4, -0.2) is 25.6 Å². The molecule has 0 saturated heterocycles. The van der Waals surface area contributed by atoms with Crippen LogP contribution in [0, 0.1) is 18.8 Å². The van der Waals surface area contributed by atoms with Crippen molar-refractivity contribution in [2.45, 2.75) is 65.8 Å². The molecule has 1 aliphatic rings. The van der Waals surface area contributed by atoms with Crippen LogP contribution >= 0.6 is 0 Å². The smallest absolute Gasteiger partial charge is 0.254 e. The number of hydrogen-bond acceptors (Lipinski definition) is 4. The lowest BCUT2D eigenvalue weighted by Crippen LogP contribution is -2.29. The summed E-state index contributed by atoms with van der Waals surface area (Å²) in [5.74, 6) is 3.46. The number of fused-ring (bicyclic) bond motifs is 1. The average molecular weight is 301 g/mol. The monoisotopic (exact) mass is 301 g/mol. The van der Waals surface area contributed by atoms with E-state index in [1.807, 2.05) is 4.52 Å². The number of rotatable bonds is 4. The van der Waals surface area contributed by atoms with E-state index in [4.69, 9.17) is 0 Å². The van der Waals surface area contributed by atoms with E-state index in [2.05, 4.69) is 48.1 Å². The van der Waals surface area contributed by atoms with Crippen LogP contribution in [0.25, 0.3) is 5.78 Å². The quantitative estimate of drug-likeness (QED) is 0.937. The lowest BCUT2D eigenvalue weighted by molar-refractivity contribution is 0.266. The molecule has 0 aromatic carbocycles. The van der Waals surface area contributed by atoms with Gasteiger partial charge in [0.25, 0.3) is 5.78 Å². The molecule has 0 radical (unpaired) electrons. The van der Waals surface area contributed by atoms with Crippen molar-refractivity contribution in [2.24, 2.45) is 11.8 Å². The van der Waals surface area contributed by atoms with Crippen LogP contribution in [0.5, 0.6) is 0 Å². The van der Waals surface area contributed by atoms with Crippen molar-refractivity contribution in [3.63, 3.8) is 0 Å². The van der Waals surface area contributed by atoms with Gasteiger partial charge in [0.15, 0.2) is 0 Å². The summed E-state index contributed by atoms with van der Waals surface area (Å²) in [6.45, 7) is 8.96. The molecular formula is C17H27N5. The highest BCUT2D eigenvalue weighted by Crippen LogP contribution is 2.32. The van der Waals surface area contributed by atoms with Gasteiger partial charge >= 0.3 is 0 Å².